The number of rotatable bonds is 4. The first-order chi connectivity index (χ1) is 11.1. The minimum Gasteiger partial charge on any atom is -0.367 e. The van der Waals surface area contributed by atoms with Gasteiger partial charge >= 0.3 is 0 Å². The molecule has 3 heterocycles. The standard InChI is InChI=1S/C15H20BrN7/c1-22(2)15-17-6-3-13(21-15)20-12-4-7-23(8-5-12)14-18-9-11(16)10-19-14/h3,6,9-10,12H,4-5,7-8H2,1-2H3,(H,17,20,21). The van der Waals surface area contributed by atoms with Gasteiger partial charge in [0.2, 0.25) is 11.9 Å². The van der Waals surface area contributed by atoms with Gasteiger partial charge in [0.25, 0.3) is 0 Å². The van der Waals surface area contributed by atoms with Gasteiger partial charge in [0.15, 0.2) is 0 Å². The second-order valence-corrected chi connectivity index (χ2v) is 6.66. The Hall–Kier alpha value is -1.96. The Balaban J connectivity index is 1.57. The number of anilines is 3. The van der Waals surface area contributed by atoms with E-state index in [0.717, 1.165) is 48.1 Å². The van der Waals surface area contributed by atoms with Crippen molar-refractivity contribution in [3.8, 4) is 0 Å². The van der Waals surface area contributed by atoms with Gasteiger partial charge in [0.1, 0.15) is 5.82 Å². The monoisotopic (exact) mass is 377 g/mol. The van der Waals surface area contributed by atoms with Crippen LogP contribution in [0.5, 0.6) is 0 Å². The molecule has 0 aliphatic carbocycles. The Morgan fingerprint density at radius 3 is 2.52 bits per heavy atom. The van der Waals surface area contributed by atoms with Crippen molar-refractivity contribution in [3.05, 3.63) is 29.1 Å². The molecule has 1 aliphatic heterocycles. The summed E-state index contributed by atoms with van der Waals surface area (Å²) in [7, 11) is 3.88. The second kappa shape index (κ2) is 7.08. The Morgan fingerprint density at radius 2 is 1.87 bits per heavy atom. The normalized spacial score (nSPS) is 15.5. The van der Waals surface area contributed by atoms with Crippen molar-refractivity contribution in [3.63, 3.8) is 0 Å². The molecule has 0 aromatic carbocycles. The molecule has 0 saturated carbocycles. The van der Waals surface area contributed by atoms with E-state index >= 15 is 0 Å². The zero-order chi connectivity index (χ0) is 16.2. The van der Waals surface area contributed by atoms with E-state index in [-0.39, 0.29) is 0 Å². The molecule has 3 rings (SSSR count). The first kappa shape index (κ1) is 15.9. The zero-order valence-corrected chi connectivity index (χ0v) is 14.9. The van der Waals surface area contributed by atoms with Crippen molar-refractivity contribution in [1.82, 2.24) is 19.9 Å². The maximum absolute atomic E-state index is 4.51. The van der Waals surface area contributed by atoms with Gasteiger partial charge in [0, 0.05) is 51.8 Å². The fraction of sp³-hybridized carbons (Fsp3) is 0.467. The summed E-state index contributed by atoms with van der Waals surface area (Å²) in [6.45, 7) is 1.87. The van der Waals surface area contributed by atoms with Crippen LogP contribution in [0.3, 0.4) is 0 Å². The molecule has 1 saturated heterocycles. The van der Waals surface area contributed by atoms with E-state index in [2.05, 4.69) is 46.1 Å². The van der Waals surface area contributed by atoms with Crippen LogP contribution in [-0.4, -0.2) is 53.2 Å². The smallest absolute Gasteiger partial charge is 0.226 e. The van der Waals surface area contributed by atoms with Gasteiger partial charge in [-0.2, -0.15) is 4.98 Å². The van der Waals surface area contributed by atoms with Crippen LogP contribution in [0.4, 0.5) is 17.7 Å². The van der Waals surface area contributed by atoms with Crippen molar-refractivity contribution >= 4 is 33.6 Å². The first-order valence-electron chi connectivity index (χ1n) is 7.61. The molecule has 2 aromatic heterocycles. The van der Waals surface area contributed by atoms with Crippen molar-refractivity contribution < 1.29 is 0 Å². The Kier molecular flexibility index (Phi) is 4.90. The van der Waals surface area contributed by atoms with E-state index in [1.165, 1.54) is 0 Å². The van der Waals surface area contributed by atoms with E-state index in [1.54, 1.807) is 18.6 Å². The number of piperidine rings is 1. The lowest BCUT2D eigenvalue weighted by atomic mass is 10.1. The molecule has 0 unspecified atom stereocenters. The molecule has 23 heavy (non-hydrogen) atoms. The summed E-state index contributed by atoms with van der Waals surface area (Å²) < 4.78 is 0.901. The lowest BCUT2D eigenvalue weighted by Gasteiger charge is -2.32. The van der Waals surface area contributed by atoms with Gasteiger partial charge in [-0.1, -0.05) is 0 Å². The first-order valence-corrected chi connectivity index (χ1v) is 8.40. The summed E-state index contributed by atoms with van der Waals surface area (Å²) in [6.07, 6.45) is 7.42. The van der Waals surface area contributed by atoms with Gasteiger partial charge in [-0.3, -0.25) is 0 Å². The molecule has 0 atom stereocenters. The van der Waals surface area contributed by atoms with Gasteiger partial charge < -0.3 is 15.1 Å². The summed E-state index contributed by atoms with van der Waals surface area (Å²) in [5.74, 6) is 2.39. The average Bonchev–Trinajstić information content (AvgIpc) is 2.57. The second-order valence-electron chi connectivity index (χ2n) is 5.74. The summed E-state index contributed by atoms with van der Waals surface area (Å²) in [4.78, 5) is 21.6. The Bertz CT molecular complexity index is 639. The molecule has 2 aromatic rings. The molecule has 122 valence electrons. The fourth-order valence-electron chi connectivity index (χ4n) is 2.55. The third-order valence-electron chi connectivity index (χ3n) is 3.78. The highest BCUT2D eigenvalue weighted by molar-refractivity contribution is 9.10. The van der Waals surface area contributed by atoms with Gasteiger partial charge in [-0.05, 0) is 34.8 Å². The third kappa shape index (κ3) is 4.07. The molecular formula is C15H20BrN7. The Morgan fingerprint density at radius 1 is 1.17 bits per heavy atom. The molecule has 0 spiro atoms. The molecular weight excluding hydrogens is 358 g/mol. The fourth-order valence-corrected chi connectivity index (χ4v) is 2.75. The minimum atomic E-state index is 0.409. The topological polar surface area (TPSA) is 70.1 Å². The molecule has 1 aliphatic rings. The summed E-state index contributed by atoms with van der Waals surface area (Å²) in [6, 6.07) is 2.32. The SMILES string of the molecule is CN(C)c1nccc(NC2CCN(c3ncc(Br)cn3)CC2)n1. The van der Waals surface area contributed by atoms with Crippen LogP contribution in [0.25, 0.3) is 0 Å². The average molecular weight is 378 g/mol. The van der Waals surface area contributed by atoms with Crippen LogP contribution in [0.2, 0.25) is 0 Å². The largest absolute Gasteiger partial charge is 0.367 e. The number of hydrogen-bond acceptors (Lipinski definition) is 7. The van der Waals surface area contributed by atoms with Crippen LogP contribution in [0.15, 0.2) is 29.1 Å². The number of nitrogens with zero attached hydrogens (tertiary/aromatic N) is 6. The quantitative estimate of drug-likeness (QED) is 0.875. The predicted molar refractivity (Wildman–Crippen MR) is 94.9 cm³/mol. The maximum atomic E-state index is 4.51. The minimum absolute atomic E-state index is 0.409. The number of aromatic nitrogens is 4. The molecule has 0 radical (unpaired) electrons. The number of halogens is 1. The molecule has 7 nitrogen and oxygen atoms in total. The number of nitrogens with one attached hydrogen (secondary N) is 1. The lowest BCUT2D eigenvalue weighted by Crippen LogP contribution is -2.40. The van der Waals surface area contributed by atoms with E-state index in [9.17, 15) is 0 Å². The van der Waals surface area contributed by atoms with E-state index in [4.69, 9.17) is 0 Å². The summed E-state index contributed by atoms with van der Waals surface area (Å²) in [5.41, 5.74) is 0. The van der Waals surface area contributed by atoms with Crippen molar-refractivity contribution in [2.45, 2.75) is 18.9 Å². The summed E-state index contributed by atoms with van der Waals surface area (Å²) >= 11 is 3.36. The number of hydrogen-bond donors (Lipinski definition) is 1. The van der Waals surface area contributed by atoms with Crippen LogP contribution < -0.4 is 15.1 Å². The molecule has 8 heteroatoms. The van der Waals surface area contributed by atoms with Crippen molar-refractivity contribution in [1.29, 1.82) is 0 Å². The highest BCUT2D eigenvalue weighted by atomic mass is 79.9. The van der Waals surface area contributed by atoms with Crippen molar-refractivity contribution in [2.75, 3.05) is 42.3 Å². The highest BCUT2D eigenvalue weighted by Crippen LogP contribution is 2.20. The molecule has 1 N–H and O–H groups in total. The molecule has 1 fully saturated rings. The maximum Gasteiger partial charge on any atom is 0.226 e. The van der Waals surface area contributed by atoms with Gasteiger partial charge in [-0.15, -0.1) is 0 Å². The van der Waals surface area contributed by atoms with Crippen LogP contribution in [-0.2, 0) is 0 Å². The van der Waals surface area contributed by atoms with E-state index in [0.29, 0.717) is 6.04 Å². The van der Waals surface area contributed by atoms with Gasteiger partial charge in [-0.25, -0.2) is 15.0 Å². The van der Waals surface area contributed by atoms with Crippen LogP contribution in [0.1, 0.15) is 12.8 Å². The Labute approximate surface area is 144 Å². The molecule has 0 amide bonds. The van der Waals surface area contributed by atoms with E-state index < -0.39 is 0 Å². The highest BCUT2D eigenvalue weighted by Gasteiger charge is 2.21. The van der Waals surface area contributed by atoms with E-state index in [1.807, 2.05) is 25.1 Å². The van der Waals surface area contributed by atoms with Gasteiger partial charge in [0.05, 0.1) is 4.47 Å². The third-order valence-corrected chi connectivity index (χ3v) is 4.19. The predicted octanol–water partition coefficient (Wildman–Crippen LogP) is 2.18. The van der Waals surface area contributed by atoms with Crippen LogP contribution >= 0.6 is 15.9 Å². The molecule has 0 bridgehead atoms. The zero-order valence-electron chi connectivity index (χ0n) is 13.3. The lowest BCUT2D eigenvalue weighted by molar-refractivity contribution is 0.518. The van der Waals surface area contributed by atoms with Crippen LogP contribution in [0, 0.1) is 0 Å². The van der Waals surface area contributed by atoms with Crippen molar-refractivity contribution in [2.24, 2.45) is 0 Å². The summed E-state index contributed by atoms with van der Waals surface area (Å²) in [5, 5.41) is 3.50.